The Balaban J connectivity index is 1.05. The molecule has 8 aromatic carbocycles. The Bertz CT molecular complexity index is 3440. The van der Waals surface area contributed by atoms with Gasteiger partial charge in [-0.15, -0.1) is 11.3 Å². The van der Waals surface area contributed by atoms with Crippen molar-refractivity contribution in [2.75, 3.05) is 0 Å². The standard InChI is InChI=1S/C52H33N3O2S/c1-53-51(40-17-9-21-44-49(40)38-29-28-35(30-45(38)57-44)36-16-11-23-47-50(36)39-15-6-8-22-46(39)58-47)55-52(41-18-10-20-43-48(41)37-14-5-7-19-42(37)56-43)54-31-32-24-26-34(27-25-32)33-12-3-2-4-13-33/h2-30H,1,31H2. The van der Waals surface area contributed by atoms with Gasteiger partial charge in [0.2, 0.25) is 0 Å². The van der Waals surface area contributed by atoms with Crippen LogP contribution in [-0.4, -0.2) is 18.4 Å². The molecule has 0 saturated carbocycles. The summed E-state index contributed by atoms with van der Waals surface area (Å²) in [5.41, 5.74) is 10.5. The summed E-state index contributed by atoms with van der Waals surface area (Å²) in [5, 5.41) is 6.40. The molecule has 0 amide bonds. The van der Waals surface area contributed by atoms with E-state index in [0.29, 0.717) is 18.2 Å². The third kappa shape index (κ3) is 5.73. The average Bonchev–Trinajstić information content (AvgIpc) is 3.98. The lowest BCUT2D eigenvalue weighted by atomic mass is 9.98. The zero-order valence-corrected chi connectivity index (χ0v) is 32.0. The summed E-state index contributed by atoms with van der Waals surface area (Å²) in [5.74, 6) is 0.990. The van der Waals surface area contributed by atoms with Crippen molar-refractivity contribution in [2.24, 2.45) is 15.0 Å². The maximum Gasteiger partial charge on any atom is 0.161 e. The van der Waals surface area contributed by atoms with E-state index in [-0.39, 0.29) is 0 Å². The molecule has 3 heterocycles. The fraction of sp³-hybridized carbons (Fsp3) is 0.0192. The molecule has 11 aromatic rings. The van der Waals surface area contributed by atoms with Gasteiger partial charge in [0.05, 0.1) is 6.54 Å². The van der Waals surface area contributed by atoms with Crippen molar-refractivity contribution in [3.8, 4) is 22.3 Å². The third-order valence-corrected chi connectivity index (χ3v) is 12.1. The Hall–Kier alpha value is -7.41. The summed E-state index contributed by atoms with van der Waals surface area (Å²) in [6.45, 7) is 4.45. The maximum absolute atomic E-state index is 6.61. The van der Waals surface area contributed by atoms with Crippen LogP contribution in [0.25, 0.3) is 86.3 Å². The molecule has 0 aliphatic heterocycles. The lowest BCUT2D eigenvalue weighted by Gasteiger charge is -2.09. The fourth-order valence-electron chi connectivity index (χ4n) is 8.22. The molecule has 0 radical (unpaired) electrons. The first-order chi connectivity index (χ1) is 28.7. The first-order valence-corrected chi connectivity index (χ1v) is 20.0. The summed E-state index contributed by atoms with van der Waals surface area (Å²) < 4.78 is 15.5. The number of para-hydroxylation sites is 1. The van der Waals surface area contributed by atoms with Gasteiger partial charge in [-0.05, 0) is 77.0 Å². The van der Waals surface area contributed by atoms with E-state index in [9.17, 15) is 0 Å². The summed E-state index contributed by atoms with van der Waals surface area (Å²) in [6.07, 6.45) is 0. The predicted octanol–water partition coefficient (Wildman–Crippen LogP) is 14.3. The first-order valence-electron chi connectivity index (χ1n) is 19.2. The normalized spacial score (nSPS) is 12.5. The molecule has 58 heavy (non-hydrogen) atoms. The van der Waals surface area contributed by atoms with E-state index in [0.717, 1.165) is 71.7 Å². The number of hydrogen-bond donors (Lipinski definition) is 0. The number of hydrogen-bond acceptors (Lipinski definition) is 4. The summed E-state index contributed by atoms with van der Waals surface area (Å²) in [7, 11) is 0. The molecule has 274 valence electrons. The number of aliphatic imine (C=N–C) groups is 3. The van der Waals surface area contributed by atoms with Gasteiger partial charge in [0.25, 0.3) is 0 Å². The van der Waals surface area contributed by atoms with E-state index in [2.05, 4.69) is 133 Å². The molecule has 0 N–H and O–H groups in total. The molecule has 3 aromatic heterocycles. The molecule has 0 aliphatic carbocycles. The van der Waals surface area contributed by atoms with Crippen LogP contribution in [0.1, 0.15) is 16.7 Å². The molecular weight excluding hydrogens is 731 g/mol. The Morgan fingerprint density at radius 2 is 1.07 bits per heavy atom. The van der Waals surface area contributed by atoms with Gasteiger partial charge in [0, 0.05) is 52.8 Å². The molecule has 0 aliphatic rings. The molecular formula is C52H33N3O2S. The van der Waals surface area contributed by atoms with Gasteiger partial charge in [0.1, 0.15) is 22.3 Å². The van der Waals surface area contributed by atoms with E-state index in [1.807, 2.05) is 65.9 Å². The van der Waals surface area contributed by atoms with Crippen LogP contribution >= 0.6 is 11.3 Å². The number of fused-ring (bicyclic) bond motifs is 9. The second-order valence-corrected chi connectivity index (χ2v) is 15.4. The summed E-state index contributed by atoms with van der Waals surface area (Å²) >= 11 is 1.82. The van der Waals surface area contributed by atoms with Crippen LogP contribution in [0.5, 0.6) is 0 Å². The maximum atomic E-state index is 6.61. The topological polar surface area (TPSA) is 63.4 Å². The second-order valence-electron chi connectivity index (χ2n) is 14.3. The minimum absolute atomic E-state index is 0.415. The molecule has 6 heteroatoms. The number of furan rings is 2. The third-order valence-electron chi connectivity index (χ3n) is 10.9. The molecule has 5 nitrogen and oxygen atoms in total. The van der Waals surface area contributed by atoms with E-state index in [1.165, 1.54) is 31.3 Å². The van der Waals surface area contributed by atoms with Gasteiger partial charge >= 0.3 is 0 Å². The smallest absolute Gasteiger partial charge is 0.161 e. The van der Waals surface area contributed by atoms with Crippen LogP contribution in [0.15, 0.2) is 200 Å². The minimum atomic E-state index is 0.415. The highest BCUT2D eigenvalue weighted by Crippen LogP contribution is 2.42. The van der Waals surface area contributed by atoms with E-state index in [4.69, 9.17) is 18.8 Å². The van der Waals surface area contributed by atoms with Crippen molar-refractivity contribution in [3.05, 3.63) is 193 Å². The molecule has 0 saturated heterocycles. The molecule has 11 rings (SSSR count). The molecule has 0 spiro atoms. The monoisotopic (exact) mass is 763 g/mol. The molecule has 0 bridgehead atoms. The largest absolute Gasteiger partial charge is 0.456 e. The van der Waals surface area contributed by atoms with Gasteiger partial charge in [-0.3, -0.25) is 4.99 Å². The van der Waals surface area contributed by atoms with Crippen LogP contribution in [0.3, 0.4) is 0 Å². The van der Waals surface area contributed by atoms with Crippen molar-refractivity contribution in [1.82, 2.24) is 0 Å². The van der Waals surface area contributed by atoms with Crippen LogP contribution in [0, 0.1) is 0 Å². The fourth-order valence-corrected chi connectivity index (χ4v) is 9.35. The Morgan fingerprint density at radius 3 is 1.86 bits per heavy atom. The number of benzene rings is 8. The van der Waals surface area contributed by atoms with Gasteiger partial charge in [-0.2, -0.15) is 0 Å². The highest BCUT2D eigenvalue weighted by molar-refractivity contribution is 7.25. The lowest BCUT2D eigenvalue weighted by Crippen LogP contribution is -2.06. The predicted molar refractivity (Wildman–Crippen MR) is 244 cm³/mol. The zero-order valence-electron chi connectivity index (χ0n) is 31.2. The van der Waals surface area contributed by atoms with Crippen LogP contribution < -0.4 is 0 Å². The Kier molecular flexibility index (Phi) is 8.15. The van der Waals surface area contributed by atoms with Gasteiger partial charge < -0.3 is 8.83 Å². The van der Waals surface area contributed by atoms with Crippen molar-refractivity contribution < 1.29 is 8.83 Å². The van der Waals surface area contributed by atoms with Crippen LogP contribution in [-0.2, 0) is 6.54 Å². The van der Waals surface area contributed by atoms with Crippen molar-refractivity contribution in [1.29, 1.82) is 0 Å². The molecule has 0 atom stereocenters. The van der Waals surface area contributed by atoms with Gasteiger partial charge in [0.15, 0.2) is 11.7 Å². The first kappa shape index (κ1) is 33.9. The number of amidine groups is 2. The zero-order chi connectivity index (χ0) is 38.6. The van der Waals surface area contributed by atoms with E-state index in [1.54, 1.807) is 0 Å². The van der Waals surface area contributed by atoms with E-state index < -0.39 is 0 Å². The summed E-state index contributed by atoms with van der Waals surface area (Å²) in [4.78, 5) is 15.0. The lowest BCUT2D eigenvalue weighted by molar-refractivity contribution is 0.668. The second kappa shape index (κ2) is 14.0. The molecule has 0 unspecified atom stereocenters. The van der Waals surface area contributed by atoms with Gasteiger partial charge in [-0.1, -0.05) is 133 Å². The van der Waals surface area contributed by atoms with E-state index >= 15 is 0 Å². The Morgan fingerprint density at radius 1 is 0.466 bits per heavy atom. The highest BCUT2D eigenvalue weighted by atomic mass is 32.1. The Labute approximate surface area is 337 Å². The van der Waals surface area contributed by atoms with Crippen LogP contribution in [0.4, 0.5) is 0 Å². The number of nitrogens with zero attached hydrogens (tertiary/aromatic N) is 3. The number of thiophene rings is 1. The number of rotatable bonds is 6. The van der Waals surface area contributed by atoms with Crippen molar-refractivity contribution in [2.45, 2.75) is 6.54 Å². The quantitative estimate of drug-likeness (QED) is 0.125. The molecule has 0 fully saturated rings. The summed E-state index contributed by atoms with van der Waals surface area (Å²) in [6, 6.07) is 60.7. The van der Waals surface area contributed by atoms with Crippen LogP contribution in [0.2, 0.25) is 0 Å². The SMILES string of the molecule is C=NC(=NC(=NCc1ccc(-c2ccccc2)cc1)c1cccc2oc3ccccc3c12)c1cccc2oc3cc(-c4cccc5sc6ccccc6c45)ccc3c12. The van der Waals surface area contributed by atoms with Crippen molar-refractivity contribution in [3.63, 3.8) is 0 Å². The highest BCUT2D eigenvalue weighted by Gasteiger charge is 2.20. The van der Waals surface area contributed by atoms with Gasteiger partial charge in [-0.25, -0.2) is 9.98 Å². The minimum Gasteiger partial charge on any atom is -0.456 e. The van der Waals surface area contributed by atoms with Crippen molar-refractivity contribution >= 4 is 93.8 Å². The average molecular weight is 764 g/mol.